The predicted octanol–water partition coefficient (Wildman–Crippen LogP) is 2.55. The number of rotatable bonds is 6. The molecule has 2 fully saturated rings. The number of allylic oxidation sites excluding steroid dienone is 3. The van der Waals surface area contributed by atoms with Gasteiger partial charge in [-0.05, 0) is 63.4 Å². The minimum Gasteiger partial charge on any atom is -0.748 e. The zero-order valence-electron chi connectivity index (χ0n) is 16.6. The van der Waals surface area contributed by atoms with Crippen molar-refractivity contribution in [3.63, 3.8) is 0 Å². The maximum absolute atomic E-state index is 12.2. The number of hydrogen-bond acceptors (Lipinski definition) is 8. The molecule has 3 heterocycles. The van der Waals surface area contributed by atoms with Crippen LogP contribution in [-0.2, 0) is 14.9 Å². The molecule has 3 rings (SSSR count). The van der Waals surface area contributed by atoms with Gasteiger partial charge in [-0.15, -0.1) is 0 Å². The number of hydrogen-bond donors (Lipinski definition) is 1. The molecule has 3 aliphatic rings. The van der Waals surface area contributed by atoms with E-state index in [0.717, 1.165) is 5.57 Å². The van der Waals surface area contributed by atoms with Crippen LogP contribution in [-0.4, -0.2) is 64.9 Å². The molecule has 7 nitrogen and oxygen atoms in total. The Morgan fingerprint density at radius 2 is 1.83 bits per heavy atom. The second-order valence-electron chi connectivity index (χ2n) is 6.85. The predicted molar refractivity (Wildman–Crippen MR) is 120 cm³/mol. The zero-order valence-corrected chi connectivity index (χ0v) is 19.1. The van der Waals surface area contributed by atoms with Gasteiger partial charge in [-0.3, -0.25) is 9.69 Å². The van der Waals surface area contributed by atoms with Gasteiger partial charge in [0.1, 0.15) is 4.32 Å². The number of nitrogens with one attached hydrogen (secondary N) is 1. The fraction of sp³-hybridized carbons (Fsp3) is 0.579. The summed E-state index contributed by atoms with van der Waals surface area (Å²) in [6, 6.07) is 0. The fourth-order valence-electron chi connectivity index (χ4n) is 2.98. The van der Waals surface area contributed by atoms with Crippen LogP contribution in [0, 0.1) is 0 Å². The first-order chi connectivity index (χ1) is 13.8. The van der Waals surface area contributed by atoms with Crippen LogP contribution in [0.5, 0.6) is 0 Å². The number of nitrogens with zero attached hydrogens (tertiary/aromatic N) is 2. The van der Waals surface area contributed by atoms with Crippen molar-refractivity contribution in [2.24, 2.45) is 0 Å². The Hall–Kier alpha value is -1.20. The molecular weight excluding hydrogens is 430 g/mol. The number of thiocarbonyl (C=S) groups is 1. The van der Waals surface area contributed by atoms with Crippen LogP contribution in [0.4, 0.5) is 0 Å². The molecule has 0 spiro atoms. The number of amides is 1. The molecule has 0 aromatic carbocycles. The fourth-order valence-corrected chi connectivity index (χ4v) is 4.95. The standard InChI is InChI=1S/C14H18N2O4S3.C5H11N/c1-2-16-13(17)12(22-14(16)21)11-5-8-15(9-6-11)7-3-4-10-23(18,19)20;1-2-4-6-5-3-1/h5-6,8-9H,2-4,7,10H2,1H3,(H,18,19,20);6H,1-5H2/p-1. The van der Waals surface area contributed by atoms with Gasteiger partial charge in [0.15, 0.2) is 0 Å². The summed E-state index contributed by atoms with van der Waals surface area (Å²) in [5, 5.41) is 3.28. The van der Waals surface area contributed by atoms with E-state index in [1.165, 1.54) is 44.1 Å². The van der Waals surface area contributed by atoms with E-state index in [0.29, 0.717) is 35.2 Å². The van der Waals surface area contributed by atoms with Crippen molar-refractivity contribution < 1.29 is 17.8 Å². The van der Waals surface area contributed by atoms with Gasteiger partial charge in [0.25, 0.3) is 5.91 Å². The molecule has 0 atom stereocenters. The van der Waals surface area contributed by atoms with Crippen molar-refractivity contribution in [2.45, 2.75) is 39.0 Å². The Kier molecular flexibility index (Phi) is 9.84. The van der Waals surface area contributed by atoms with Crippen LogP contribution >= 0.6 is 24.0 Å². The van der Waals surface area contributed by atoms with Gasteiger partial charge in [0, 0.05) is 31.2 Å². The highest BCUT2D eigenvalue weighted by molar-refractivity contribution is 8.26. The third-order valence-electron chi connectivity index (χ3n) is 4.59. The summed E-state index contributed by atoms with van der Waals surface area (Å²) >= 11 is 6.49. The molecule has 29 heavy (non-hydrogen) atoms. The molecule has 2 saturated heterocycles. The van der Waals surface area contributed by atoms with E-state index in [-0.39, 0.29) is 11.7 Å². The summed E-state index contributed by atoms with van der Waals surface area (Å²) < 4.78 is 32.2. The molecule has 0 saturated carbocycles. The van der Waals surface area contributed by atoms with E-state index in [1.807, 2.05) is 36.4 Å². The van der Waals surface area contributed by atoms with Crippen molar-refractivity contribution in [3.8, 4) is 0 Å². The van der Waals surface area contributed by atoms with E-state index < -0.39 is 10.1 Å². The number of carbonyl (C=O) groups excluding carboxylic acids is 1. The highest BCUT2D eigenvalue weighted by Gasteiger charge is 2.32. The van der Waals surface area contributed by atoms with Gasteiger partial charge in [0.05, 0.1) is 15.0 Å². The van der Waals surface area contributed by atoms with Crippen LogP contribution in [0.2, 0.25) is 0 Å². The lowest BCUT2D eigenvalue weighted by Gasteiger charge is -2.19. The number of unbranched alkanes of at least 4 members (excludes halogenated alkanes) is 1. The van der Waals surface area contributed by atoms with Crippen LogP contribution in [0.1, 0.15) is 39.0 Å². The first kappa shape index (κ1) is 24.1. The number of carbonyl (C=O) groups is 1. The number of piperidine rings is 1. The average Bonchev–Trinajstić information content (AvgIpc) is 3.00. The van der Waals surface area contributed by atoms with Gasteiger partial charge < -0.3 is 14.8 Å². The largest absolute Gasteiger partial charge is 0.748 e. The Morgan fingerprint density at radius 3 is 2.28 bits per heavy atom. The summed E-state index contributed by atoms with van der Waals surface area (Å²) in [5.74, 6) is -0.403. The van der Waals surface area contributed by atoms with Gasteiger partial charge in [-0.1, -0.05) is 30.4 Å². The summed E-state index contributed by atoms with van der Waals surface area (Å²) in [6.07, 6.45) is 12.5. The molecule has 10 heteroatoms. The van der Waals surface area contributed by atoms with Crippen molar-refractivity contribution in [2.75, 3.05) is 31.9 Å². The maximum atomic E-state index is 12.2. The van der Waals surface area contributed by atoms with E-state index in [2.05, 4.69) is 5.32 Å². The SMILES string of the molecule is C1CCNCC1.CCN1C(=O)C(=C2C=CN(CCCCS(=O)(=O)[O-])C=C2)SC1=S. The third-order valence-corrected chi connectivity index (χ3v) is 6.85. The molecule has 0 aromatic rings. The van der Waals surface area contributed by atoms with E-state index in [4.69, 9.17) is 12.2 Å². The summed E-state index contributed by atoms with van der Waals surface area (Å²) in [5.41, 5.74) is 0.816. The quantitative estimate of drug-likeness (QED) is 0.281. The van der Waals surface area contributed by atoms with Gasteiger partial charge in [0.2, 0.25) is 0 Å². The highest BCUT2D eigenvalue weighted by atomic mass is 32.2. The summed E-state index contributed by atoms with van der Waals surface area (Å²) in [6.45, 7) is 5.56. The van der Waals surface area contributed by atoms with Gasteiger partial charge in [-0.2, -0.15) is 0 Å². The van der Waals surface area contributed by atoms with Crippen molar-refractivity contribution in [3.05, 3.63) is 35.0 Å². The molecule has 0 aromatic heterocycles. The van der Waals surface area contributed by atoms with Gasteiger partial charge >= 0.3 is 0 Å². The topological polar surface area (TPSA) is 92.8 Å². The van der Waals surface area contributed by atoms with Crippen molar-refractivity contribution in [1.82, 2.24) is 15.1 Å². The van der Waals surface area contributed by atoms with Crippen LogP contribution in [0.15, 0.2) is 35.0 Å². The Labute approximate surface area is 183 Å². The zero-order chi connectivity index (χ0) is 21.3. The molecular formula is C19H28N3O4S3-. The highest BCUT2D eigenvalue weighted by Crippen LogP contribution is 2.34. The first-order valence-corrected chi connectivity index (χ1v) is 12.7. The van der Waals surface area contributed by atoms with E-state index in [9.17, 15) is 17.8 Å². The average molecular weight is 459 g/mol. The lowest BCUT2D eigenvalue weighted by molar-refractivity contribution is -0.122. The maximum Gasteiger partial charge on any atom is 0.266 e. The molecule has 1 N–H and O–H groups in total. The minimum absolute atomic E-state index is 0.0686. The number of likely N-dealkylation sites (N-methyl/N-ethyl adjacent to an activating group) is 1. The second kappa shape index (κ2) is 11.8. The van der Waals surface area contributed by atoms with Crippen LogP contribution < -0.4 is 5.32 Å². The van der Waals surface area contributed by atoms with Crippen LogP contribution in [0.25, 0.3) is 0 Å². The third kappa shape index (κ3) is 8.21. The van der Waals surface area contributed by atoms with Crippen molar-refractivity contribution in [1.29, 1.82) is 0 Å². The normalized spacial score (nSPS) is 19.7. The molecule has 3 aliphatic heterocycles. The van der Waals surface area contributed by atoms with Gasteiger partial charge in [-0.25, -0.2) is 8.42 Å². The molecule has 0 unspecified atom stereocenters. The molecule has 0 radical (unpaired) electrons. The van der Waals surface area contributed by atoms with E-state index >= 15 is 0 Å². The molecule has 0 bridgehead atoms. The lowest BCUT2D eigenvalue weighted by Crippen LogP contribution is -2.27. The second-order valence-corrected chi connectivity index (χ2v) is 10.0. The Balaban J connectivity index is 0.000000426. The van der Waals surface area contributed by atoms with Crippen LogP contribution in [0.3, 0.4) is 0 Å². The van der Waals surface area contributed by atoms with Crippen molar-refractivity contribution >= 4 is 44.3 Å². The Morgan fingerprint density at radius 1 is 1.17 bits per heavy atom. The molecule has 0 aliphatic carbocycles. The smallest absolute Gasteiger partial charge is 0.266 e. The Bertz CT molecular complexity index is 759. The molecule has 162 valence electrons. The summed E-state index contributed by atoms with van der Waals surface area (Å²) in [7, 11) is -4.14. The number of thioether (sulfide) groups is 1. The van der Waals surface area contributed by atoms with E-state index in [1.54, 1.807) is 4.90 Å². The lowest BCUT2D eigenvalue weighted by atomic mass is 10.2. The monoisotopic (exact) mass is 458 g/mol. The minimum atomic E-state index is -4.14. The first-order valence-electron chi connectivity index (χ1n) is 9.86. The summed E-state index contributed by atoms with van der Waals surface area (Å²) in [4.78, 5) is 16.3. The molecule has 1 amide bonds.